The molecule has 0 radical (unpaired) electrons. The molecule has 3 nitrogen and oxygen atoms in total. The molecule has 1 aliphatic rings. The van der Waals surface area contributed by atoms with Crippen LogP contribution in [0, 0.1) is 5.92 Å². The third-order valence-corrected chi connectivity index (χ3v) is 2.37. The van der Waals surface area contributed by atoms with Crippen molar-refractivity contribution < 1.29 is 9.53 Å². The zero-order valence-electron chi connectivity index (χ0n) is 9.21. The Labute approximate surface area is 86.2 Å². The number of carbonyl (C=O) groups excluding carboxylic acids is 1. The van der Waals surface area contributed by atoms with Gasteiger partial charge in [-0.2, -0.15) is 0 Å². The number of carbonyl (C=O) groups is 1. The fourth-order valence-electron chi connectivity index (χ4n) is 1.26. The zero-order chi connectivity index (χ0) is 10.4. The van der Waals surface area contributed by atoms with Gasteiger partial charge in [0.25, 0.3) is 0 Å². The molecule has 82 valence electrons. The van der Waals surface area contributed by atoms with Crippen LogP contribution in [0.2, 0.25) is 0 Å². The second-order valence-electron chi connectivity index (χ2n) is 4.08. The molecule has 1 fully saturated rings. The van der Waals surface area contributed by atoms with Gasteiger partial charge >= 0.3 is 5.97 Å². The van der Waals surface area contributed by atoms with Crippen molar-refractivity contribution >= 4 is 5.97 Å². The van der Waals surface area contributed by atoms with Crippen molar-refractivity contribution in [3.63, 3.8) is 0 Å². The summed E-state index contributed by atoms with van der Waals surface area (Å²) < 4.78 is 5.25. The molecule has 0 aromatic rings. The van der Waals surface area contributed by atoms with E-state index in [1.807, 2.05) is 6.92 Å². The molecule has 0 aromatic heterocycles. The van der Waals surface area contributed by atoms with Crippen LogP contribution in [0.5, 0.6) is 0 Å². The highest BCUT2D eigenvalue weighted by Crippen LogP contribution is 2.30. The molecule has 14 heavy (non-hydrogen) atoms. The minimum atomic E-state index is -0.00482. The van der Waals surface area contributed by atoms with E-state index in [2.05, 4.69) is 12.2 Å². The Bertz CT molecular complexity index is 178. The van der Waals surface area contributed by atoms with Gasteiger partial charge in [0.1, 0.15) is 6.10 Å². The lowest BCUT2D eigenvalue weighted by atomic mass is 10.3. The summed E-state index contributed by atoms with van der Waals surface area (Å²) in [6.45, 7) is 5.90. The summed E-state index contributed by atoms with van der Waals surface area (Å²) in [4.78, 5) is 11.3. The Morgan fingerprint density at radius 3 is 2.86 bits per heavy atom. The molecule has 1 N–H and O–H groups in total. The smallest absolute Gasteiger partial charge is 0.309 e. The number of esters is 1. The van der Waals surface area contributed by atoms with Crippen molar-refractivity contribution in [3.8, 4) is 0 Å². The molecule has 0 aliphatic heterocycles. The van der Waals surface area contributed by atoms with Crippen LogP contribution in [0.4, 0.5) is 0 Å². The maximum absolute atomic E-state index is 11.3. The lowest BCUT2D eigenvalue weighted by molar-refractivity contribution is -0.149. The predicted octanol–water partition coefficient (Wildman–Crippen LogP) is 1.72. The van der Waals surface area contributed by atoms with Crippen LogP contribution < -0.4 is 5.32 Å². The van der Waals surface area contributed by atoms with Crippen LogP contribution in [0.3, 0.4) is 0 Å². The number of hydrogen-bond donors (Lipinski definition) is 1. The maximum atomic E-state index is 11.3. The number of rotatable bonds is 7. The molecule has 1 aliphatic carbocycles. The van der Waals surface area contributed by atoms with Gasteiger partial charge in [0.2, 0.25) is 0 Å². The summed E-state index contributed by atoms with van der Waals surface area (Å²) in [5, 5.41) is 3.27. The third kappa shape index (κ3) is 4.61. The quantitative estimate of drug-likeness (QED) is 0.501. The van der Waals surface area contributed by atoms with Crippen LogP contribution in [0.15, 0.2) is 0 Å². The number of unbranched alkanes of at least 4 members (excludes halogenated alkanes) is 1. The van der Waals surface area contributed by atoms with Crippen LogP contribution >= 0.6 is 0 Å². The molecule has 0 bridgehead atoms. The Hall–Kier alpha value is -0.570. The van der Waals surface area contributed by atoms with Crippen molar-refractivity contribution in [3.05, 3.63) is 0 Å². The Balaban J connectivity index is 1.97. The molecule has 1 unspecified atom stereocenters. The van der Waals surface area contributed by atoms with E-state index in [1.165, 1.54) is 12.8 Å². The number of ether oxygens (including phenoxy) is 1. The topological polar surface area (TPSA) is 38.3 Å². The average Bonchev–Trinajstić information content (AvgIpc) is 2.95. The molecule has 0 aromatic carbocycles. The summed E-state index contributed by atoms with van der Waals surface area (Å²) in [6, 6.07) is 0. The first-order valence-electron chi connectivity index (χ1n) is 5.65. The molecule has 1 atom stereocenters. The van der Waals surface area contributed by atoms with Gasteiger partial charge in [-0.1, -0.05) is 13.3 Å². The Morgan fingerprint density at radius 2 is 2.29 bits per heavy atom. The van der Waals surface area contributed by atoms with Gasteiger partial charge < -0.3 is 10.1 Å². The minimum Gasteiger partial charge on any atom is -0.461 e. The van der Waals surface area contributed by atoms with E-state index in [-0.39, 0.29) is 18.0 Å². The molecule has 0 spiro atoms. The first-order valence-corrected chi connectivity index (χ1v) is 5.65. The van der Waals surface area contributed by atoms with E-state index in [9.17, 15) is 4.79 Å². The number of hydrogen-bond acceptors (Lipinski definition) is 3. The summed E-state index contributed by atoms with van der Waals surface area (Å²) in [5.74, 6) is 0.211. The Morgan fingerprint density at radius 1 is 1.57 bits per heavy atom. The van der Waals surface area contributed by atoms with Gasteiger partial charge in [-0.05, 0) is 32.7 Å². The van der Waals surface area contributed by atoms with Gasteiger partial charge in [-0.25, -0.2) is 0 Å². The van der Waals surface area contributed by atoms with E-state index < -0.39 is 0 Å². The van der Waals surface area contributed by atoms with E-state index in [1.54, 1.807) is 0 Å². The van der Waals surface area contributed by atoms with Crippen LogP contribution in [0.25, 0.3) is 0 Å². The lowest BCUT2D eigenvalue weighted by Crippen LogP contribution is -2.29. The zero-order valence-corrected chi connectivity index (χ0v) is 9.21. The SMILES string of the molecule is CCCCNCC(C)OC(=O)C1CC1. The molecule has 0 amide bonds. The van der Waals surface area contributed by atoms with E-state index in [4.69, 9.17) is 4.74 Å². The van der Waals surface area contributed by atoms with Gasteiger partial charge in [-0.3, -0.25) is 4.79 Å². The lowest BCUT2D eigenvalue weighted by Gasteiger charge is -2.13. The monoisotopic (exact) mass is 199 g/mol. The first kappa shape index (κ1) is 11.5. The van der Waals surface area contributed by atoms with Gasteiger partial charge in [0.05, 0.1) is 5.92 Å². The standard InChI is InChI=1S/C11H21NO2/c1-3-4-7-12-8-9(2)14-11(13)10-5-6-10/h9-10,12H,3-8H2,1-2H3. The molecular formula is C11H21NO2. The van der Waals surface area contributed by atoms with E-state index in [0.717, 1.165) is 25.9 Å². The van der Waals surface area contributed by atoms with Gasteiger partial charge in [0.15, 0.2) is 0 Å². The van der Waals surface area contributed by atoms with Gasteiger partial charge in [0, 0.05) is 6.54 Å². The molecular weight excluding hydrogens is 178 g/mol. The molecule has 0 saturated heterocycles. The highest BCUT2D eigenvalue weighted by Gasteiger charge is 2.32. The summed E-state index contributed by atoms with van der Waals surface area (Å²) >= 11 is 0. The fourth-order valence-corrected chi connectivity index (χ4v) is 1.26. The molecule has 0 heterocycles. The van der Waals surface area contributed by atoms with Crippen LogP contribution in [0.1, 0.15) is 39.5 Å². The van der Waals surface area contributed by atoms with Crippen molar-refractivity contribution in [1.82, 2.24) is 5.32 Å². The number of nitrogens with one attached hydrogen (secondary N) is 1. The third-order valence-electron chi connectivity index (χ3n) is 2.37. The maximum Gasteiger partial charge on any atom is 0.309 e. The molecule has 1 rings (SSSR count). The normalized spacial score (nSPS) is 17.9. The second-order valence-corrected chi connectivity index (χ2v) is 4.08. The van der Waals surface area contributed by atoms with Crippen molar-refractivity contribution in [2.45, 2.75) is 45.6 Å². The fraction of sp³-hybridized carbons (Fsp3) is 0.909. The summed E-state index contributed by atoms with van der Waals surface area (Å²) in [5.41, 5.74) is 0. The highest BCUT2D eigenvalue weighted by molar-refractivity contribution is 5.75. The van der Waals surface area contributed by atoms with Crippen LogP contribution in [-0.2, 0) is 9.53 Å². The van der Waals surface area contributed by atoms with Gasteiger partial charge in [-0.15, -0.1) is 0 Å². The Kier molecular flexibility index (Phi) is 4.94. The highest BCUT2D eigenvalue weighted by atomic mass is 16.5. The largest absolute Gasteiger partial charge is 0.461 e. The van der Waals surface area contributed by atoms with Crippen molar-refractivity contribution in [2.75, 3.05) is 13.1 Å². The van der Waals surface area contributed by atoms with E-state index in [0.29, 0.717) is 0 Å². The van der Waals surface area contributed by atoms with E-state index >= 15 is 0 Å². The second kappa shape index (κ2) is 6.02. The summed E-state index contributed by atoms with van der Waals surface area (Å²) in [7, 11) is 0. The first-order chi connectivity index (χ1) is 6.74. The predicted molar refractivity (Wildman–Crippen MR) is 56.1 cm³/mol. The minimum absolute atomic E-state index is 0.00482. The summed E-state index contributed by atoms with van der Waals surface area (Å²) in [6.07, 6.45) is 4.44. The van der Waals surface area contributed by atoms with Crippen LogP contribution in [-0.4, -0.2) is 25.2 Å². The molecule has 3 heteroatoms. The molecule has 1 saturated carbocycles. The average molecular weight is 199 g/mol. The van der Waals surface area contributed by atoms with Crippen molar-refractivity contribution in [2.24, 2.45) is 5.92 Å². The van der Waals surface area contributed by atoms with Crippen molar-refractivity contribution in [1.29, 1.82) is 0 Å².